The van der Waals surface area contributed by atoms with E-state index in [1.807, 2.05) is 12.1 Å². The van der Waals surface area contributed by atoms with Crippen LogP contribution in [0.3, 0.4) is 0 Å². The van der Waals surface area contributed by atoms with E-state index in [2.05, 4.69) is 12.2 Å². The molecule has 1 saturated carbocycles. The summed E-state index contributed by atoms with van der Waals surface area (Å²) >= 11 is 6.26. The molecule has 1 unspecified atom stereocenters. The van der Waals surface area contributed by atoms with E-state index in [9.17, 15) is 10.0 Å². The maximum Gasteiger partial charge on any atom is 0.241 e. The molecule has 0 bridgehead atoms. The lowest BCUT2D eigenvalue weighted by atomic mass is 9.79. The Morgan fingerprint density at radius 1 is 1.22 bits per heavy atom. The highest BCUT2D eigenvalue weighted by Gasteiger charge is 2.28. The van der Waals surface area contributed by atoms with Crippen LogP contribution in [0.1, 0.15) is 38.3 Å². The van der Waals surface area contributed by atoms with Crippen molar-refractivity contribution in [1.29, 1.82) is 0 Å². The van der Waals surface area contributed by atoms with Crippen molar-refractivity contribution in [1.82, 2.24) is 0 Å². The summed E-state index contributed by atoms with van der Waals surface area (Å²) in [6.07, 6.45) is 5.68. The molecule has 1 aliphatic rings. The van der Waals surface area contributed by atoms with Gasteiger partial charge in [0.1, 0.15) is 0 Å². The molecule has 1 aromatic heterocycles. The van der Waals surface area contributed by atoms with E-state index >= 15 is 0 Å². The first kappa shape index (κ1) is 19.6. The van der Waals surface area contributed by atoms with E-state index in [1.165, 1.54) is 6.20 Å². The van der Waals surface area contributed by atoms with Crippen molar-refractivity contribution in [2.75, 3.05) is 5.32 Å². The minimum atomic E-state index is -0.484. The highest BCUT2D eigenvalue weighted by Crippen LogP contribution is 2.31. The fourth-order valence-electron chi connectivity index (χ4n) is 3.76. The second-order valence-electron chi connectivity index (χ2n) is 7.56. The van der Waals surface area contributed by atoms with Crippen molar-refractivity contribution in [3.63, 3.8) is 0 Å². The molecule has 27 heavy (non-hydrogen) atoms. The first-order valence-corrected chi connectivity index (χ1v) is 9.79. The third-order valence-corrected chi connectivity index (χ3v) is 5.91. The van der Waals surface area contributed by atoms with Gasteiger partial charge in [-0.05, 0) is 42.4 Å². The summed E-state index contributed by atoms with van der Waals surface area (Å²) in [6.45, 7) is 3.98. The maximum atomic E-state index is 12.5. The molecule has 1 aliphatic carbocycles. The molecule has 3 rings (SSSR count). The number of rotatable bonds is 4. The van der Waals surface area contributed by atoms with Gasteiger partial charge in [0.2, 0.25) is 5.91 Å². The van der Waals surface area contributed by atoms with E-state index < -0.39 is 6.04 Å². The van der Waals surface area contributed by atoms with E-state index in [1.54, 1.807) is 25.1 Å². The molecule has 2 aromatic rings. The Labute approximate surface area is 165 Å². The second-order valence-corrected chi connectivity index (χ2v) is 7.97. The summed E-state index contributed by atoms with van der Waals surface area (Å²) in [5.74, 6) is 0.831. The van der Waals surface area contributed by atoms with E-state index in [4.69, 9.17) is 17.3 Å². The predicted molar refractivity (Wildman–Crippen MR) is 108 cm³/mol. The van der Waals surface area contributed by atoms with Gasteiger partial charge in [-0.2, -0.15) is 4.73 Å². The summed E-state index contributed by atoms with van der Waals surface area (Å²) in [4.78, 5) is 12.5. The van der Waals surface area contributed by atoms with Gasteiger partial charge in [0.15, 0.2) is 11.9 Å². The number of carbonyl (C=O) groups excluding carboxylic acids is 1. The van der Waals surface area contributed by atoms with Gasteiger partial charge in [-0.3, -0.25) is 4.79 Å². The molecule has 1 amide bonds. The minimum absolute atomic E-state index is 0.145. The van der Waals surface area contributed by atoms with Crippen LogP contribution in [0.15, 0.2) is 36.5 Å². The van der Waals surface area contributed by atoms with Crippen molar-refractivity contribution in [2.45, 2.75) is 45.6 Å². The monoisotopic (exact) mass is 387 g/mol. The number of amides is 1. The zero-order valence-electron chi connectivity index (χ0n) is 15.7. The lowest BCUT2D eigenvalue weighted by molar-refractivity contribution is -0.611. The molecule has 1 heterocycles. The number of nitrogens with two attached hydrogens (primary N) is 1. The number of pyridine rings is 1. The number of halogens is 1. The Kier molecular flexibility index (Phi) is 6.02. The van der Waals surface area contributed by atoms with Crippen molar-refractivity contribution in [3.8, 4) is 11.1 Å². The number of hydrogen-bond acceptors (Lipinski definition) is 3. The van der Waals surface area contributed by atoms with Gasteiger partial charge >= 0.3 is 0 Å². The largest absolute Gasteiger partial charge is 0.618 e. The van der Waals surface area contributed by atoms with Gasteiger partial charge < -0.3 is 16.3 Å². The van der Waals surface area contributed by atoms with Crippen LogP contribution in [-0.4, -0.2) is 11.9 Å². The molecule has 0 saturated heterocycles. The fourth-order valence-corrected chi connectivity index (χ4v) is 4.07. The van der Waals surface area contributed by atoms with Crippen LogP contribution >= 0.6 is 11.6 Å². The molecule has 6 heteroatoms. The number of carbonyl (C=O) groups is 1. The third-order valence-electron chi connectivity index (χ3n) is 5.60. The van der Waals surface area contributed by atoms with Crippen LogP contribution in [-0.2, 0) is 4.79 Å². The quantitative estimate of drug-likeness (QED) is 0.613. The highest BCUT2D eigenvalue weighted by molar-refractivity contribution is 6.33. The second kappa shape index (κ2) is 8.28. The van der Waals surface area contributed by atoms with E-state index in [0.717, 1.165) is 41.9 Å². The third kappa shape index (κ3) is 4.42. The minimum Gasteiger partial charge on any atom is -0.618 e. The Bertz CT molecular complexity index is 815. The van der Waals surface area contributed by atoms with Gasteiger partial charge in [0, 0.05) is 18.7 Å². The summed E-state index contributed by atoms with van der Waals surface area (Å²) < 4.78 is 0.793. The Morgan fingerprint density at radius 3 is 2.48 bits per heavy atom. The summed E-state index contributed by atoms with van der Waals surface area (Å²) in [6, 6.07) is 8.40. The van der Waals surface area contributed by atoms with Gasteiger partial charge in [0.25, 0.3) is 0 Å². The molecule has 1 aromatic carbocycles. The van der Waals surface area contributed by atoms with Crippen molar-refractivity contribution < 1.29 is 9.52 Å². The van der Waals surface area contributed by atoms with Crippen LogP contribution < -0.4 is 15.8 Å². The predicted octanol–water partition coefficient (Wildman–Crippen LogP) is 4.04. The molecule has 3 N–H and O–H groups in total. The van der Waals surface area contributed by atoms with Gasteiger partial charge in [-0.1, -0.05) is 43.5 Å². The first-order chi connectivity index (χ1) is 12.9. The average molecular weight is 388 g/mol. The fraction of sp³-hybridized carbons (Fsp3) is 0.429. The summed E-state index contributed by atoms with van der Waals surface area (Å²) in [7, 11) is 0. The van der Waals surface area contributed by atoms with E-state index in [-0.39, 0.29) is 11.8 Å². The van der Waals surface area contributed by atoms with Crippen LogP contribution in [0, 0.1) is 24.0 Å². The number of hydrogen-bond donors (Lipinski definition) is 2. The van der Waals surface area contributed by atoms with Crippen LogP contribution in [0.25, 0.3) is 11.1 Å². The topological polar surface area (TPSA) is 82.1 Å². The highest BCUT2D eigenvalue weighted by atomic mass is 35.5. The number of anilines is 1. The Balaban J connectivity index is 1.69. The number of nitrogens with one attached hydrogen (secondary N) is 1. The van der Waals surface area contributed by atoms with E-state index in [0.29, 0.717) is 22.0 Å². The molecular weight excluding hydrogens is 362 g/mol. The lowest BCUT2D eigenvalue weighted by Crippen LogP contribution is -2.43. The smallest absolute Gasteiger partial charge is 0.241 e. The summed E-state index contributed by atoms with van der Waals surface area (Å²) in [5, 5.41) is 15.2. The molecular formula is C21H26ClN3O2. The maximum absolute atomic E-state index is 12.5. The SMILES string of the molecule is Cc1c(-c2ccc(NC(=O)C(N)C3CCC(C)CC3)cc2)c(Cl)cc[n+]1[O-]. The Morgan fingerprint density at radius 2 is 1.85 bits per heavy atom. The number of benzene rings is 1. The van der Waals surface area contributed by atoms with Gasteiger partial charge in [-0.25, -0.2) is 0 Å². The average Bonchev–Trinajstić information content (AvgIpc) is 2.66. The Hall–Kier alpha value is -2.11. The molecule has 0 spiro atoms. The van der Waals surface area contributed by atoms with Crippen molar-refractivity contribution in [2.24, 2.45) is 17.6 Å². The molecule has 1 atom stereocenters. The van der Waals surface area contributed by atoms with Gasteiger partial charge in [-0.15, -0.1) is 0 Å². The van der Waals surface area contributed by atoms with Crippen LogP contribution in [0.4, 0.5) is 5.69 Å². The number of nitrogens with zero attached hydrogens (tertiary/aromatic N) is 1. The molecule has 0 radical (unpaired) electrons. The van der Waals surface area contributed by atoms with Crippen molar-refractivity contribution >= 4 is 23.2 Å². The normalized spacial score (nSPS) is 20.9. The molecule has 1 fully saturated rings. The molecule has 5 nitrogen and oxygen atoms in total. The zero-order chi connectivity index (χ0) is 19.6. The lowest BCUT2D eigenvalue weighted by Gasteiger charge is -2.29. The van der Waals surface area contributed by atoms with Crippen molar-refractivity contribution in [3.05, 3.63) is 52.5 Å². The summed E-state index contributed by atoms with van der Waals surface area (Å²) in [5.41, 5.74) is 8.93. The zero-order valence-corrected chi connectivity index (χ0v) is 16.5. The van der Waals surface area contributed by atoms with Gasteiger partial charge in [0.05, 0.1) is 16.6 Å². The first-order valence-electron chi connectivity index (χ1n) is 9.42. The van der Waals surface area contributed by atoms with Crippen LogP contribution in [0.5, 0.6) is 0 Å². The molecule has 0 aliphatic heterocycles. The number of aromatic nitrogens is 1. The molecule has 144 valence electrons. The van der Waals surface area contributed by atoms with Crippen LogP contribution in [0.2, 0.25) is 5.02 Å². The standard InChI is InChI=1S/C21H26ClN3O2/c1-13-3-5-16(6-4-13)20(23)21(26)24-17-9-7-15(8-10-17)19-14(2)25(27)12-11-18(19)22/h7-13,16,20H,3-6,23H2,1-2H3,(H,24,26).